The Morgan fingerprint density at radius 1 is 0.631 bits per heavy atom. The Balaban J connectivity index is 0.000000208. The van der Waals surface area contributed by atoms with Crippen LogP contribution in [0, 0.1) is 58.7 Å². The summed E-state index contributed by atoms with van der Waals surface area (Å²) in [6, 6.07) is 25.8. The molecule has 20 nitrogen and oxygen atoms in total. The van der Waals surface area contributed by atoms with Crippen LogP contribution < -0.4 is 22.5 Å². The molecule has 0 aliphatic carbocycles. The fourth-order valence-corrected chi connectivity index (χ4v) is 10.4. The number of nitrogens with one attached hydrogen (secondary N) is 2. The van der Waals surface area contributed by atoms with Crippen molar-refractivity contribution in [2.45, 2.75) is 140 Å². The fourth-order valence-electron chi connectivity index (χ4n) is 9.23. The average molecular weight is 1200 g/mol. The first kappa shape index (κ1) is 65.3. The lowest BCUT2D eigenvalue weighted by Gasteiger charge is -2.33. The minimum absolute atomic E-state index is 0.275. The molecule has 3 aliphatic rings. The van der Waals surface area contributed by atoms with Gasteiger partial charge in [0.2, 0.25) is 22.8 Å². The van der Waals surface area contributed by atoms with Crippen LogP contribution in [0.15, 0.2) is 123 Å². The zero-order chi connectivity index (χ0) is 62.1. The van der Waals surface area contributed by atoms with E-state index in [1.54, 1.807) is 83.8 Å². The zero-order valence-electron chi connectivity index (χ0n) is 48.0. The second-order valence-corrected chi connectivity index (χ2v) is 31.7. The summed E-state index contributed by atoms with van der Waals surface area (Å²) < 4.78 is 64.0. The van der Waals surface area contributed by atoms with Gasteiger partial charge in [-0.2, -0.15) is 8.78 Å². The average Bonchev–Trinajstić information content (AvgIpc) is 2.55. The highest BCUT2D eigenvalue weighted by Crippen LogP contribution is 2.47. The number of H-pyrrole nitrogens is 2. The molecule has 5 aromatic rings. The molecule has 5 heterocycles. The number of benzene rings is 3. The maximum absolute atomic E-state index is 14.1. The number of carbonyl (C=O) groups is 3. The molecule has 0 radical (unpaired) electrons. The molecule has 5 N–H and O–H groups in total. The minimum atomic E-state index is -2.36. The molecule has 0 bridgehead atoms. The minimum Gasteiger partial charge on any atom is -0.437 e. The van der Waals surface area contributed by atoms with E-state index in [1.807, 2.05) is 70.4 Å². The number of hydrogen-bond acceptors (Lipinski definition) is 16. The molecule has 3 fully saturated rings. The van der Waals surface area contributed by atoms with Crippen LogP contribution in [-0.4, -0.2) is 123 Å². The van der Waals surface area contributed by atoms with E-state index in [9.17, 15) is 52.6 Å². The van der Waals surface area contributed by atoms with Crippen LogP contribution in [0.1, 0.15) is 84.1 Å². The van der Waals surface area contributed by atoms with Gasteiger partial charge >= 0.3 is 29.3 Å². The number of esters is 3. The van der Waals surface area contributed by atoms with E-state index in [2.05, 4.69) is 42.6 Å². The summed E-state index contributed by atoms with van der Waals surface area (Å²) in [4.78, 5) is 89.4. The Morgan fingerprint density at radius 2 is 1.01 bits per heavy atom. The van der Waals surface area contributed by atoms with Gasteiger partial charge in [0.05, 0.1) is 47.9 Å². The topological polar surface area (TPSA) is 277 Å². The molecule has 24 heteroatoms. The smallest absolute Gasteiger partial charge is 0.340 e. The lowest BCUT2D eigenvalue weighted by molar-refractivity contribution is -0.156. The predicted octanol–water partition coefficient (Wildman–Crippen LogP) is 5.48. The third-order valence-corrected chi connectivity index (χ3v) is 15.6. The second-order valence-electron chi connectivity index (χ2n) is 22.2. The molecule has 12 atom stereocenters. The van der Waals surface area contributed by atoms with Gasteiger partial charge in [-0.25, -0.2) is 24.0 Å². The fraction of sp³-hybridized carbons (Fsp3) is 0.417. The summed E-state index contributed by atoms with van der Waals surface area (Å²) in [7, 11) is -3.80. The highest BCUT2D eigenvalue weighted by Gasteiger charge is 2.60. The van der Waals surface area contributed by atoms with Crippen molar-refractivity contribution in [3.63, 3.8) is 0 Å². The summed E-state index contributed by atoms with van der Waals surface area (Å²) in [5.41, 5.74) is -2.00. The normalized spacial score (nSPS) is 26.9. The Kier molecular flexibility index (Phi) is 20.9. The Morgan fingerprint density at radius 3 is 1.43 bits per heavy atom. The maximum Gasteiger partial charge on any atom is 0.340 e. The van der Waals surface area contributed by atoms with Gasteiger partial charge in [0.15, 0.2) is 18.1 Å². The van der Waals surface area contributed by atoms with E-state index in [-0.39, 0.29) is 12.0 Å². The van der Waals surface area contributed by atoms with E-state index >= 15 is 0 Å². The van der Waals surface area contributed by atoms with Gasteiger partial charge in [-0.05, 0) is 49.2 Å². The number of halogens is 2. The number of terminal acetylenes is 1. The van der Waals surface area contributed by atoms with E-state index < -0.39 is 135 Å². The number of aliphatic hydroxyl groups excluding tert-OH is 2. The molecule has 0 spiro atoms. The van der Waals surface area contributed by atoms with Crippen LogP contribution in [-0.2, 0) is 28.4 Å². The van der Waals surface area contributed by atoms with Gasteiger partial charge in [-0.15, -0.1) is 17.5 Å². The molecule has 3 saturated heterocycles. The summed E-state index contributed by atoms with van der Waals surface area (Å²) in [5.74, 6) is 3.33. The van der Waals surface area contributed by atoms with Crippen molar-refractivity contribution >= 4 is 34.1 Å². The summed E-state index contributed by atoms with van der Waals surface area (Å²) in [5, 5.41) is 29.0. The van der Waals surface area contributed by atoms with E-state index in [0.29, 0.717) is 40.3 Å². The van der Waals surface area contributed by atoms with Crippen LogP contribution >= 0.6 is 0 Å². The van der Waals surface area contributed by atoms with Gasteiger partial charge in [0, 0.05) is 11.8 Å². The molecule has 0 amide bonds. The Labute approximate surface area is 485 Å². The third kappa shape index (κ3) is 14.6. The standard InChI is InChI=1S/C26H30O5Si.C23H27FN2O5Si.C11H11FN2O6/c1-6-22-19(2)26(17-18-32(3,4)5,31-24(28)21-15-11-8-12-16-21)25(29-22)30-23(27)20-13-9-7-10-14-20;1-6-18-15(2)23(12-13-32(3,4)5,31-20(28)16-10-8-7-9-11-16)21(30-18)26-14-17(24)19(27)25-22(26)29;1-2-11(19)7(16)6(4-15)20-9(11)14-3-5(12)8(17)13-10(14)18/h7-16,19,22,25H,6H2,1-5H3;7-11,14-15,18,21H,6H2,1-5H3,(H,25,27,29);1,3,6-7,9,15-16,19H,4H2,(H,13,17,18)/t19-,22-,25?,26-;15-,18-,21-,23-;6-,7-,9-,11-/m111/s1. The van der Waals surface area contributed by atoms with Gasteiger partial charge < -0.3 is 43.7 Å². The van der Waals surface area contributed by atoms with Crippen LogP contribution in [0.3, 0.4) is 0 Å². The van der Waals surface area contributed by atoms with Crippen molar-refractivity contribution in [2.75, 3.05) is 6.61 Å². The third-order valence-electron chi connectivity index (χ3n) is 13.9. The van der Waals surface area contributed by atoms with E-state index in [0.717, 1.165) is 10.8 Å². The molecular formula is C60H68F2N4O16Si2. The van der Waals surface area contributed by atoms with E-state index in [4.69, 9.17) is 40.0 Å². The number of ether oxygens (including phenoxy) is 6. The molecule has 3 aromatic carbocycles. The van der Waals surface area contributed by atoms with Crippen molar-refractivity contribution in [1.82, 2.24) is 19.1 Å². The SMILES string of the molecule is C#C[C@@]1(O)[C@H](O)[C@@H](CO)O[C@H]1n1cc(F)c(=O)[nH]c1=O.CC[C@H]1OC(OC(=O)c2ccccc2)[C@](C#C[Si](C)(C)C)(OC(=O)c2ccccc2)[C@@H]1C.CC[C@H]1O[C@@H](n2cc(F)c(=O)[nH]c2=O)[C@](C#C[Si](C)(C)C)(OC(=O)c2ccccc2)[C@@H]1C. The lowest BCUT2D eigenvalue weighted by atomic mass is 9.85. The molecule has 84 heavy (non-hydrogen) atoms. The quantitative estimate of drug-likeness (QED) is 0.0474. The maximum atomic E-state index is 14.1. The first-order valence-electron chi connectivity index (χ1n) is 26.9. The Hall–Kier alpha value is -7.84. The van der Waals surface area contributed by atoms with Crippen LogP contribution in [0.25, 0.3) is 0 Å². The van der Waals surface area contributed by atoms with Gasteiger partial charge in [-0.3, -0.25) is 28.7 Å². The van der Waals surface area contributed by atoms with Crippen molar-refractivity contribution in [3.05, 3.63) is 173 Å². The van der Waals surface area contributed by atoms with Crippen molar-refractivity contribution in [1.29, 1.82) is 0 Å². The zero-order valence-corrected chi connectivity index (χ0v) is 50.0. The van der Waals surface area contributed by atoms with E-state index in [1.165, 1.54) is 0 Å². The van der Waals surface area contributed by atoms with Crippen LogP contribution in [0.4, 0.5) is 8.78 Å². The molecule has 3 aliphatic heterocycles. The van der Waals surface area contributed by atoms with Crippen molar-refractivity contribution in [2.24, 2.45) is 11.8 Å². The number of nitrogens with zero attached hydrogens (tertiary/aromatic N) is 2. The van der Waals surface area contributed by atoms with Crippen molar-refractivity contribution in [3.8, 4) is 35.3 Å². The summed E-state index contributed by atoms with van der Waals surface area (Å²) >= 11 is 0. The molecular weight excluding hydrogens is 1130 g/mol. The van der Waals surface area contributed by atoms with Crippen LogP contribution in [0.2, 0.25) is 39.3 Å². The predicted molar refractivity (Wildman–Crippen MR) is 308 cm³/mol. The highest BCUT2D eigenvalue weighted by molar-refractivity contribution is 6.84. The number of rotatable bonds is 11. The number of carbonyl (C=O) groups excluding carboxylic acids is 3. The van der Waals surface area contributed by atoms with Gasteiger partial charge in [0.25, 0.3) is 17.4 Å². The first-order valence-corrected chi connectivity index (χ1v) is 33.9. The number of aliphatic hydroxyl groups is 3. The van der Waals surface area contributed by atoms with Gasteiger partial charge in [-0.1, -0.05) is 139 Å². The monoisotopic (exact) mass is 1190 g/mol. The number of aromatic nitrogens is 4. The molecule has 446 valence electrons. The van der Waals surface area contributed by atoms with Crippen LogP contribution in [0.5, 0.6) is 0 Å². The molecule has 1 unspecified atom stereocenters. The number of hydrogen-bond donors (Lipinski definition) is 5. The highest BCUT2D eigenvalue weighted by atomic mass is 28.3. The second kappa shape index (κ2) is 26.8. The number of aromatic amines is 2. The molecule has 0 saturated carbocycles. The lowest BCUT2D eigenvalue weighted by Crippen LogP contribution is -2.49. The molecule has 8 rings (SSSR count). The summed E-state index contributed by atoms with van der Waals surface area (Å²) in [6.45, 7) is 19.4. The largest absolute Gasteiger partial charge is 0.437 e. The molecule has 2 aromatic heterocycles. The Bertz CT molecular complexity index is 3600. The van der Waals surface area contributed by atoms with Gasteiger partial charge in [0.1, 0.15) is 28.4 Å². The first-order chi connectivity index (χ1) is 39.5. The van der Waals surface area contributed by atoms with Crippen molar-refractivity contribution < 1.29 is 66.9 Å². The summed E-state index contributed by atoms with van der Waals surface area (Å²) in [6.07, 6.45) is -0.0525.